The van der Waals surface area contributed by atoms with Crippen LogP contribution in [0.5, 0.6) is 0 Å². The summed E-state index contributed by atoms with van der Waals surface area (Å²) >= 11 is 0. The van der Waals surface area contributed by atoms with Crippen molar-refractivity contribution in [2.45, 2.75) is 59.0 Å². The van der Waals surface area contributed by atoms with Crippen LogP contribution in [-0.4, -0.2) is 36.4 Å². The molecule has 0 amide bonds. The molecule has 5 nitrogen and oxygen atoms in total. The van der Waals surface area contributed by atoms with Crippen molar-refractivity contribution >= 4 is 11.9 Å². The summed E-state index contributed by atoms with van der Waals surface area (Å²) in [7, 11) is 1.38. The quantitative estimate of drug-likeness (QED) is 0.416. The molecule has 156 valence electrons. The summed E-state index contributed by atoms with van der Waals surface area (Å²) in [6.07, 6.45) is 10.5. The average Bonchev–Trinajstić information content (AvgIpc) is 2.66. The zero-order valence-electron chi connectivity index (χ0n) is 17.8. The second kappa shape index (κ2) is 11.0. The molecule has 1 N–H and O–H groups in total. The highest BCUT2D eigenvalue weighted by molar-refractivity contribution is 5.76. The number of allylic oxidation sites excluding steroid dienone is 4. The molecule has 1 rings (SSSR count). The minimum absolute atomic E-state index is 0.0831. The number of esters is 2. The number of rotatable bonds is 6. The Morgan fingerprint density at radius 3 is 2.61 bits per heavy atom. The van der Waals surface area contributed by atoms with E-state index in [1.165, 1.54) is 19.6 Å². The SMILES string of the molecule is C=C1CC/C=C(\C)CC[C@H](/C(=C/C=C/C(C)(C)O)COC(C)=O)[C@H]1C(=O)OC. The van der Waals surface area contributed by atoms with E-state index in [0.717, 1.165) is 24.0 Å². The minimum atomic E-state index is -0.966. The molecule has 0 radical (unpaired) electrons. The van der Waals surface area contributed by atoms with Crippen LogP contribution in [0.2, 0.25) is 0 Å². The largest absolute Gasteiger partial charge is 0.469 e. The third kappa shape index (κ3) is 8.26. The maximum Gasteiger partial charge on any atom is 0.313 e. The summed E-state index contributed by atoms with van der Waals surface area (Å²) in [5, 5.41) is 9.94. The van der Waals surface area contributed by atoms with Crippen molar-refractivity contribution in [2.24, 2.45) is 11.8 Å². The highest BCUT2D eigenvalue weighted by Crippen LogP contribution is 2.36. The van der Waals surface area contributed by atoms with Crippen LogP contribution in [0.25, 0.3) is 0 Å². The van der Waals surface area contributed by atoms with Crippen molar-refractivity contribution < 1.29 is 24.2 Å². The van der Waals surface area contributed by atoms with E-state index in [-0.39, 0.29) is 24.5 Å². The number of aliphatic hydroxyl groups is 1. The van der Waals surface area contributed by atoms with Crippen molar-refractivity contribution in [3.63, 3.8) is 0 Å². The Labute approximate surface area is 168 Å². The van der Waals surface area contributed by atoms with Gasteiger partial charge in [0.25, 0.3) is 0 Å². The fourth-order valence-corrected chi connectivity index (χ4v) is 3.32. The van der Waals surface area contributed by atoms with Gasteiger partial charge < -0.3 is 14.6 Å². The molecular weight excluding hydrogens is 356 g/mol. The van der Waals surface area contributed by atoms with E-state index < -0.39 is 11.5 Å². The Morgan fingerprint density at radius 1 is 1.36 bits per heavy atom. The Hall–Kier alpha value is -2.14. The maximum atomic E-state index is 12.6. The first kappa shape index (κ1) is 23.9. The lowest BCUT2D eigenvalue weighted by Gasteiger charge is -2.28. The van der Waals surface area contributed by atoms with E-state index in [4.69, 9.17) is 9.47 Å². The first-order chi connectivity index (χ1) is 13.0. The molecular formula is C23H34O5. The molecule has 0 aromatic heterocycles. The predicted molar refractivity (Wildman–Crippen MR) is 111 cm³/mol. The zero-order chi connectivity index (χ0) is 21.3. The van der Waals surface area contributed by atoms with E-state index in [0.29, 0.717) is 12.8 Å². The molecule has 28 heavy (non-hydrogen) atoms. The fraction of sp³-hybridized carbons (Fsp3) is 0.565. The Morgan fingerprint density at radius 2 is 2.04 bits per heavy atom. The monoisotopic (exact) mass is 390 g/mol. The number of ether oxygens (including phenoxy) is 2. The molecule has 1 aliphatic rings. The van der Waals surface area contributed by atoms with Crippen molar-refractivity contribution in [3.05, 3.63) is 47.6 Å². The van der Waals surface area contributed by atoms with Crippen LogP contribution >= 0.6 is 0 Å². The van der Waals surface area contributed by atoms with E-state index in [2.05, 4.69) is 19.6 Å². The molecule has 0 spiro atoms. The van der Waals surface area contributed by atoms with E-state index in [9.17, 15) is 14.7 Å². The second-order valence-electron chi connectivity index (χ2n) is 7.93. The Balaban J connectivity index is 3.36. The van der Waals surface area contributed by atoms with Crippen LogP contribution in [0, 0.1) is 11.8 Å². The number of carbonyl (C=O) groups is 2. The van der Waals surface area contributed by atoms with Gasteiger partial charge in [0.1, 0.15) is 6.61 Å². The van der Waals surface area contributed by atoms with Crippen LogP contribution < -0.4 is 0 Å². The smallest absolute Gasteiger partial charge is 0.313 e. The molecule has 0 fully saturated rings. The van der Waals surface area contributed by atoms with Crippen LogP contribution in [-0.2, 0) is 19.1 Å². The molecule has 5 heteroatoms. The first-order valence-electron chi connectivity index (χ1n) is 9.70. The Kier molecular flexibility index (Phi) is 9.39. The van der Waals surface area contributed by atoms with Crippen LogP contribution in [0.15, 0.2) is 47.6 Å². The number of methoxy groups -OCH3 is 1. The summed E-state index contributed by atoms with van der Waals surface area (Å²) < 4.78 is 10.3. The van der Waals surface area contributed by atoms with Crippen molar-refractivity contribution in [3.8, 4) is 0 Å². The van der Waals surface area contributed by atoms with Gasteiger partial charge in [-0.25, -0.2) is 0 Å². The summed E-state index contributed by atoms with van der Waals surface area (Å²) in [4.78, 5) is 24.0. The van der Waals surface area contributed by atoms with E-state index in [1.54, 1.807) is 26.0 Å². The molecule has 0 saturated carbocycles. The molecule has 0 aromatic rings. The lowest BCUT2D eigenvalue weighted by atomic mass is 9.77. The van der Waals surface area contributed by atoms with Crippen molar-refractivity contribution in [1.82, 2.24) is 0 Å². The van der Waals surface area contributed by atoms with Gasteiger partial charge in [-0.05, 0) is 52.0 Å². The summed E-state index contributed by atoms with van der Waals surface area (Å²) in [6.45, 7) is 11.0. The van der Waals surface area contributed by atoms with Crippen molar-refractivity contribution in [1.29, 1.82) is 0 Å². The maximum absolute atomic E-state index is 12.6. The summed E-state index contributed by atoms with van der Waals surface area (Å²) in [5.41, 5.74) is 1.93. The average molecular weight is 391 g/mol. The van der Waals surface area contributed by atoms with E-state index in [1.807, 2.05) is 6.08 Å². The van der Waals surface area contributed by atoms with Crippen LogP contribution in [0.4, 0.5) is 0 Å². The summed E-state index contributed by atoms with van der Waals surface area (Å²) in [6, 6.07) is 0. The van der Waals surface area contributed by atoms with Gasteiger partial charge in [0.15, 0.2) is 0 Å². The van der Waals surface area contributed by atoms with Gasteiger partial charge in [0.2, 0.25) is 0 Å². The number of hydrogen-bond acceptors (Lipinski definition) is 5. The molecule has 1 aliphatic carbocycles. The van der Waals surface area contributed by atoms with Gasteiger partial charge in [-0.3, -0.25) is 9.59 Å². The molecule has 2 atom stereocenters. The number of carbonyl (C=O) groups excluding carboxylic acids is 2. The van der Waals surface area contributed by atoms with E-state index >= 15 is 0 Å². The van der Waals surface area contributed by atoms with Gasteiger partial charge >= 0.3 is 11.9 Å². The second-order valence-corrected chi connectivity index (χ2v) is 7.93. The molecule has 0 heterocycles. The lowest BCUT2D eigenvalue weighted by molar-refractivity contribution is -0.145. The fourth-order valence-electron chi connectivity index (χ4n) is 3.32. The third-order valence-electron chi connectivity index (χ3n) is 4.84. The van der Waals surface area contributed by atoms with Gasteiger partial charge in [0, 0.05) is 12.8 Å². The minimum Gasteiger partial charge on any atom is -0.469 e. The van der Waals surface area contributed by atoms with Gasteiger partial charge in [-0.2, -0.15) is 0 Å². The normalized spacial score (nSPS) is 24.0. The highest BCUT2D eigenvalue weighted by Gasteiger charge is 2.34. The van der Waals surface area contributed by atoms with Crippen LogP contribution in [0.1, 0.15) is 53.4 Å². The molecule has 0 bridgehead atoms. The van der Waals surface area contributed by atoms with Crippen molar-refractivity contribution in [2.75, 3.05) is 13.7 Å². The first-order valence-corrected chi connectivity index (χ1v) is 9.70. The Bertz CT molecular complexity index is 661. The molecule has 0 unspecified atom stereocenters. The third-order valence-corrected chi connectivity index (χ3v) is 4.84. The summed E-state index contributed by atoms with van der Waals surface area (Å²) in [5.74, 6) is -1.41. The lowest BCUT2D eigenvalue weighted by Crippen LogP contribution is -2.30. The standard InChI is InChI=1S/C23H34O5/c1-16-9-7-10-17(2)21(22(25)27-6)20(13-12-16)19(15-28-18(3)24)11-8-14-23(4,5)26/h8-9,11,14,20-21,26H,2,7,10,12-13,15H2,1,3-6H3/b14-8+,16-9+,19-11+/t20-,21+/m1/s1. The highest BCUT2D eigenvalue weighted by atomic mass is 16.5. The number of hydrogen-bond donors (Lipinski definition) is 1. The van der Waals surface area contributed by atoms with Gasteiger partial charge in [-0.1, -0.05) is 42.0 Å². The molecule has 0 aromatic carbocycles. The van der Waals surface area contributed by atoms with Gasteiger partial charge in [-0.15, -0.1) is 0 Å². The topological polar surface area (TPSA) is 72.8 Å². The van der Waals surface area contributed by atoms with Gasteiger partial charge in [0.05, 0.1) is 18.6 Å². The molecule has 0 aliphatic heterocycles. The zero-order valence-corrected chi connectivity index (χ0v) is 17.8. The predicted octanol–water partition coefficient (Wildman–Crippen LogP) is 4.28. The van der Waals surface area contributed by atoms with Crippen LogP contribution in [0.3, 0.4) is 0 Å². The molecule has 0 saturated heterocycles.